The minimum Gasteiger partial charge on any atom is -0.493 e. The molecule has 9 heteroatoms. The lowest BCUT2D eigenvalue weighted by molar-refractivity contribution is 0.0644. The summed E-state index contributed by atoms with van der Waals surface area (Å²) in [5, 5.41) is 3.55. The molecule has 1 aromatic rings. The molecule has 1 aliphatic carbocycles. The van der Waals surface area contributed by atoms with Gasteiger partial charge in [-0.3, -0.25) is 4.79 Å². The summed E-state index contributed by atoms with van der Waals surface area (Å²) in [6.45, 7) is 16.6. The molecule has 9 nitrogen and oxygen atoms in total. The Labute approximate surface area is 241 Å². The van der Waals surface area contributed by atoms with Gasteiger partial charge in [0.05, 0.1) is 13.7 Å². The van der Waals surface area contributed by atoms with Crippen molar-refractivity contribution < 1.29 is 23.8 Å². The molecule has 3 rings (SSSR count). The largest absolute Gasteiger partial charge is 0.493 e. The maximum absolute atomic E-state index is 13.8. The van der Waals surface area contributed by atoms with E-state index in [1.54, 1.807) is 26.4 Å². The van der Waals surface area contributed by atoms with Crippen LogP contribution >= 0.6 is 0 Å². The number of hydrogen-bond acceptors (Lipinski definition) is 6. The maximum atomic E-state index is 13.8. The molecule has 0 spiro atoms. The van der Waals surface area contributed by atoms with Crippen LogP contribution in [0.4, 0.5) is 4.79 Å². The molecule has 0 aromatic heterocycles. The summed E-state index contributed by atoms with van der Waals surface area (Å²) in [6, 6.07) is 6.20. The molecule has 0 bridgehead atoms. The normalized spacial score (nSPS) is 18.9. The number of nitrogens with zero attached hydrogens (tertiary/aromatic N) is 3. The van der Waals surface area contributed by atoms with Gasteiger partial charge in [-0.2, -0.15) is 0 Å². The smallest absolute Gasteiger partial charge is 0.320 e. The van der Waals surface area contributed by atoms with Crippen molar-refractivity contribution in [1.82, 2.24) is 20.0 Å². The summed E-state index contributed by atoms with van der Waals surface area (Å²) < 4.78 is 16.5. The highest BCUT2D eigenvalue weighted by Crippen LogP contribution is 2.33. The Hall–Kier alpha value is -2.52. The average molecular weight is 561 g/mol. The lowest BCUT2D eigenvalue weighted by Crippen LogP contribution is -2.52. The fourth-order valence-corrected chi connectivity index (χ4v) is 5.68. The van der Waals surface area contributed by atoms with Crippen molar-refractivity contribution in [2.75, 3.05) is 53.6 Å². The number of benzene rings is 1. The molecule has 0 unspecified atom stereocenters. The average Bonchev–Trinajstić information content (AvgIpc) is 3.65. The number of urea groups is 1. The van der Waals surface area contributed by atoms with E-state index in [9.17, 15) is 9.59 Å². The van der Waals surface area contributed by atoms with Crippen LogP contribution in [0.25, 0.3) is 0 Å². The van der Waals surface area contributed by atoms with Gasteiger partial charge in [0.15, 0.2) is 11.5 Å². The molecule has 226 valence electrons. The number of amides is 3. The SMILES string of the molecule is COCCCOc1cc(C(=O)N(C[C@@H]2CNC[C@@H]2CN(C(=O)N(C(C)C)C(C)C)C2CC2)C(C)C)ccc1OC. The van der Waals surface area contributed by atoms with Gasteiger partial charge in [-0.1, -0.05) is 0 Å². The Bertz CT molecular complexity index is 957. The Balaban J connectivity index is 1.73. The zero-order chi connectivity index (χ0) is 29.4. The highest BCUT2D eigenvalue weighted by Gasteiger charge is 2.40. The number of rotatable bonds is 15. The Morgan fingerprint density at radius 1 is 0.900 bits per heavy atom. The highest BCUT2D eigenvalue weighted by molar-refractivity contribution is 5.95. The summed E-state index contributed by atoms with van der Waals surface area (Å²) in [4.78, 5) is 33.5. The number of methoxy groups -OCH3 is 2. The quantitative estimate of drug-likeness (QED) is 0.318. The van der Waals surface area contributed by atoms with Crippen molar-refractivity contribution in [1.29, 1.82) is 0 Å². The fourth-order valence-electron chi connectivity index (χ4n) is 5.68. The van der Waals surface area contributed by atoms with Gasteiger partial charge in [-0.25, -0.2) is 4.79 Å². The van der Waals surface area contributed by atoms with Crippen molar-refractivity contribution in [3.05, 3.63) is 23.8 Å². The van der Waals surface area contributed by atoms with E-state index in [1.165, 1.54) is 0 Å². The van der Waals surface area contributed by atoms with Crippen molar-refractivity contribution in [3.8, 4) is 11.5 Å². The Kier molecular flexibility index (Phi) is 11.9. The second-order valence-corrected chi connectivity index (χ2v) is 12.1. The number of hydrogen-bond donors (Lipinski definition) is 1. The topological polar surface area (TPSA) is 83.6 Å². The summed E-state index contributed by atoms with van der Waals surface area (Å²) in [5.41, 5.74) is 0.582. The standard InChI is InChI=1S/C31H52N4O5/c1-21(2)33(30(36)24-10-13-28(39-8)29(16-24)40-15-9-14-38-7)19-25-17-32-18-26(25)20-34(27-11-12-27)31(37)35(22(3)4)23(5)6/h10,13,16,21-23,25-27,32H,9,11-12,14-15,17-20H2,1-8H3/t25-,26+/m0/s1. The van der Waals surface area contributed by atoms with Crippen LogP contribution in [-0.4, -0.2) is 104 Å². The van der Waals surface area contributed by atoms with Crippen LogP contribution in [0.1, 0.15) is 71.2 Å². The Morgan fingerprint density at radius 2 is 1.55 bits per heavy atom. The van der Waals surface area contributed by atoms with E-state index in [-0.39, 0.29) is 41.9 Å². The van der Waals surface area contributed by atoms with Crippen LogP contribution in [-0.2, 0) is 4.74 Å². The zero-order valence-corrected chi connectivity index (χ0v) is 25.9. The van der Waals surface area contributed by atoms with Crippen LogP contribution in [0, 0.1) is 11.8 Å². The van der Waals surface area contributed by atoms with E-state index in [2.05, 4.69) is 51.8 Å². The van der Waals surface area contributed by atoms with E-state index in [1.807, 2.05) is 15.9 Å². The number of nitrogens with one attached hydrogen (secondary N) is 1. The lowest BCUT2D eigenvalue weighted by atomic mass is 9.93. The van der Waals surface area contributed by atoms with Crippen LogP contribution < -0.4 is 14.8 Å². The molecule has 1 saturated heterocycles. The van der Waals surface area contributed by atoms with Crippen LogP contribution in [0.5, 0.6) is 11.5 Å². The van der Waals surface area contributed by atoms with E-state index < -0.39 is 0 Å². The third kappa shape index (κ3) is 8.26. The molecule has 40 heavy (non-hydrogen) atoms. The lowest BCUT2D eigenvalue weighted by Gasteiger charge is -2.38. The first-order valence-corrected chi connectivity index (χ1v) is 15.0. The third-order valence-electron chi connectivity index (χ3n) is 7.95. The summed E-state index contributed by atoms with van der Waals surface area (Å²) in [5.74, 6) is 1.69. The van der Waals surface area contributed by atoms with Crippen molar-refractivity contribution in [2.45, 2.75) is 85.0 Å². The number of carbonyl (C=O) groups excluding carboxylic acids is 2. The van der Waals surface area contributed by atoms with E-state index >= 15 is 0 Å². The molecule has 1 aliphatic heterocycles. The monoisotopic (exact) mass is 560 g/mol. The second-order valence-electron chi connectivity index (χ2n) is 12.1. The van der Waals surface area contributed by atoms with E-state index in [0.29, 0.717) is 42.9 Å². The molecule has 0 radical (unpaired) electrons. The fraction of sp³-hybridized carbons (Fsp3) is 0.742. The molecule has 2 atom stereocenters. The Morgan fingerprint density at radius 3 is 2.10 bits per heavy atom. The van der Waals surface area contributed by atoms with Gasteiger partial charge in [-0.05, 0) is 84.4 Å². The number of ether oxygens (including phenoxy) is 3. The molecule has 1 heterocycles. The second kappa shape index (κ2) is 14.9. The molecule has 1 saturated carbocycles. The minimum atomic E-state index is -0.0223. The van der Waals surface area contributed by atoms with Gasteiger partial charge in [0.2, 0.25) is 0 Å². The summed E-state index contributed by atoms with van der Waals surface area (Å²) in [7, 11) is 3.27. The first-order chi connectivity index (χ1) is 19.1. The first-order valence-electron chi connectivity index (χ1n) is 15.0. The van der Waals surface area contributed by atoms with Crippen LogP contribution in [0.2, 0.25) is 0 Å². The van der Waals surface area contributed by atoms with Gasteiger partial charge in [0, 0.05) is 76.0 Å². The molecule has 1 aromatic carbocycles. The molecular formula is C31H52N4O5. The van der Waals surface area contributed by atoms with Crippen molar-refractivity contribution in [3.63, 3.8) is 0 Å². The predicted octanol–water partition coefficient (Wildman–Crippen LogP) is 4.50. The van der Waals surface area contributed by atoms with Gasteiger partial charge >= 0.3 is 6.03 Å². The van der Waals surface area contributed by atoms with Crippen LogP contribution in [0.3, 0.4) is 0 Å². The minimum absolute atomic E-state index is 0.0223. The molecule has 2 fully saturated rings. The first kappa shape index (κ1) is 32.0. The van der Waals surface area contributed by atoms with Gasteiger partial charge in [0.25, 0.3) is 5.91 Å². The molecule has 2 aliphatic rings. The molecule has 3 amide bonds. The van der Waals surface area contributed by atoms with Gasteiger partial charge in [0.1, 0.15) is 0 Å². The third-order valence-corrected chi connectivity index (χ3v) is 7.95. The molecule has 1 N–H and O–H groups in total. The zero-order valence-electron chi connectivity index (χ0n) is 25.9. The predicted molar refractivity (Wildman–Crippen MR) is 158 cm³/mol. The molecular weight excluding hydrogens is 508 g/mol. The summed E-state index contributed by atoms with van der Waals surface area (Å²) >= 11 is 0. The van der Waals surface area contributed by atoms with E-state index in [0.717, 1.165) is 38.9 Å². The van der Waals surface area contributed by atoms with Crippen molar-refractivity contribution >= 4 is 11.9 Å². The van der Waals surface area contributed by atoms with E-state index in [4.69, 9.17) is 14.2 Å². The highest BCUT2D eigenvalue weighted by atomic mass is 16.5. The van der Waals surface area contributed by atoms with Crippen molar-refractivity contribution in [2.24, 2.45) is 11.8 Å². The number of carbonyl (C=O) groups is 2. The van der Waals surface area contributed by atoms with Gasteiger partial charge < -0.3 is 34.2 Å². The summed E-state index contributed by atoms with van der Waals surface area (Å²) in [6.07, 6.45) is 2.90. The van der Waals surface area contributed by atoms with Gasteiger partial charge in [-0.15, -0.1) is 0 Å². The van der Waals surface area contributed by atoms with Crippen LogP contribution in [0.15, 0.2) is 18.2 Å². The maximum Gasteiger partial charge on any atom is 0.320 e.